The average Bonchev–Trinajstić information content (AvgIpc) is 4.25. The van der Waals surface area contributed by atoms with Crippen molar-refractivity contribution >= 4 is 102 Å². The molecule has 17 nitrogen and oxygen atoms in total. The third-order valence-electron chi connectivity index (χ3n) is 13.0. The summed E-state index contributed by atoms with van der Waals surface area (Å²) < 4.78 is 71.8. The highest BCUT2D eigenvalue weighted by molar-refractivity contribution is 7.99. The zero-order valence-electron chi connectivity index (χ0n) is 41.0. The first-order valence-electron chi connectivity index (χ1n) is 23.9. The number of pyridine rings is 2. The average molecular weight is 1110 g/mol. The zero-order valence-corrected chi connectivity index (χ0v) is 45.0. The van der Waals surface area contributed by atoms with Crippen LogP contribution in [0.1, 0.15) is 45.7 Å². The summed E-state index contributed by atoms with van der Waals surface area (Å²) >= 11 is 18.4. The number of benzene rings is 3. The molecule has 22 heteroatoms. The van der Waals surface area contributed by atoms with E-state index in [1.165, 1.54) is 24.8 Å². The van der Waals surface area contributed by atoms with Crippen LogP contribution in [-0.2, 0) is 42.7 Å². The Kier molecular flexibility index (Phi) is 14.4. The molecule has 0 aliphatic carbocycles. The van der Waals surface area contributed by atoms with E-state index in [0.717, 1.165) is 53.9 Å². The van der Waals surface area contributed by atoms with E-state index in [1.807, 2.05) is 80.2 Å². The third kappa shape index (κ3) is 10.9. The summed E-state index contributed by atoms with van der Waals surface area (Å²) in [6.45, 7) is 9.14. The van der Waals surface area contributed by atoms with Gasteiger partial charge >= 0.3 is 0 Å². The third-order valence-corrected chi connectivity index (χ3v) is 16.3. The number of halogens is 2. The molecule has 4 saturated heterocycles. The monoisotopic (exact) mass is 1110 g/mol. The summed E-state index contributed by atoms with van der Waals surface area (Å²) in [5.41, 5.74) is 4.24. The van der Waals surface area contributed by atoms with Crippen LogP contribution in [-0.4, -0.2) is 108 Å². The van der Waals surface area contributed by atoms with Crippen molar-refractivity contribution in [3.8, 4) is 0 Å². The van der Waals surface area contributed by atoms with Gasteiger partial charge in [-0.05, 0) is 95.3 Å². The van der Waals surface area contributed by atoms with Gasteiger partial charge in [0.15, 0.2) is 24.0 Å². The number of hydrogen-bond acceptors (Lipinski definition) is 17. The van der Waals surface area contributed by atoms with Gasteiger partial charge in [-0.3, -0.25) is 14.2 Å². The Morgan fingerprint density at radius 3 is 1.75 bits per heavy atom. The van der Waals surface area contributed by atoms with Crippen molar-refractivity contribution in [3.05, 3.63) is 150 Å². The number of thiol groups is 1. The van der Waals surface area contributed by atoms with Crippen molar-refractivity contribution in [2.75, 3.05) is 12.4 Å². The predicted octanol–water partition coefficient (Wildman–Crippen LogP) is 10.6. The minimum absolute atomic E-state index is 0.0841. The maximum absolute atomic E-state index is 12.7. The number of ether oxygens (including phenoxy) is 6. The minimum atomic E-state index is -3.95. The lowest BCUT2D eigenvalue weighted by molar-refractivity contribution is -0.198. The summed E-state index contributed by atoms with van der Waals surface area (Å²) in [6.07, 6.45) is 6.88. The van der Waals surface area contributed by atoms with Gasteiger partial charge in [-0.2, -0.15) is 8.42 Å². The maximum Gasteiger partial charge on any atom is 0.297 e. The van der Waals surface area contributed by atoms with E-state index in [2.05, 4.69) is 66.8 Å². The predicted molar refractivity (Wildman–Crippen MR) is 286 cm³/mol. The van der Waals surface area contributed by atoms with E-state index in [0.29, 0.717) is 21.3 Å². The number of aromatic nitrogens is 8. The molecule has 4 aliphatic heterocycles. The van der Waals surface area contributed by atoms with Crippen molar-refractivity contribution in [2.24, 2.45) is 0 Å². The topological polar surface area (TPSA) is 186 Å². The summed E-state index contributed by atoms with van der Waals surface area (Å²) in [4.78, 5) is 27.6. The molecule has 6 aromatic heterocycles. The van der Waals surface area contributed by atoms with Gasteiger partial charge in [-0.1, -0.05) is 65.2 Å². The normalized spacial score (nSPS) is 24.5. The second-order valence-corrected chi connectivity index (χ2v) is 23.1. The second kappa shape index (κ2) is 20.9. The Morgan fingerprint density at radius 1 is 0.640 bits per heavy atom. The molecule has 4 aliphatic rings. The zero-order chi connectivity index (χ0) is 52.2. The Morgan fingerprint density at radius 2 is 1.16 bits per heavy atom. The minimum Gasteiger partial charge on any atom is -0.348 e. The van der Waals surface area contributed by atoms with Gasteiger partial charge in [0, 0.05) is 51.1 Å². The van der Waals surface area contributed by atoms with E-state index < -0.39 is 46.2 Å². The van der Waals surface area contributed by atoms with Crippen LogP contribution in [0.4, 0.5) is 0 Å². The fraction of sp³-hybridized carbons (Fsp3) is 0.321. The molecule has 9 aromatic rings. The van der Waals surface area contributed by atoms with E-state index in [9.17, 15) is 8.42 Å². The highest BCUT2D eigenvalue weighted by Gasteiger charge is 2.57. The number of fused-ring (bicyclic) bond motifs is 6. The molecule has 388 valence electrons. The fourth-order valence-electron chi connectivity index (χ4n) is 9.62. The van der Waals surface area contributed by atoms with Crippen molar-refractivity contribution in [2.45, 2.75) is 110 Å². The largest absolute Gasteiger partial charge is 0.348 e. The molecule has 1 unspecified atom stereocenters. The molecule has 0 radical (unpaired) electrons. The van der Waals surface area contributed by atoms with E-state index in [1.54, 1.807) is 60.8 Å². The number of nitrogens with zero attached hydrogens (tertiary/aromatic N) is 8. The van der Waals surface area contributed by atoms with Gasteiger partial charge in [0.1, 0.15) is 64.8 Å². The van der Waals surface area contributed by atoms with Gasteiger partial charge in [0.25, 0.3) is 10.1 Å². The SMILES string of the molecule is CC1(C)O[C@@H]2[C@H](O1)[C@@H](CSc1ccc3cccnc3c1)O[C@H]2n1ccc2c(Cl)ncnc21.Cc1ccc(S(=O)(=O)OC[C@H]2OC(n3ccc4c(Cl)ncnc43)[C@@H]3OC(C)(C)O[C@H]23)cc1.Sc1ccc2cccnc2c1. The van der Waals surface area contributed by atoms with Crippen molar-refractivity contribution in [1.82, 2.24) is 39.0 Å². The van der Waals surface area contributed by atoms with Crippen molar-refractivity contribution < 1.29 is 41.0 Å². The Balaban J connectivity index is 0.000000134. The molecule has 10 heterocycles. The summed E-state index contributed by atoms with van der Waals surface area (Å²) in [6, 6.07) is 30.4. The van der Waals surface area contributed by atoms with Gasteiger partial charge in [0.05, 0.1) is 39.4 Å². The molecule has 13 rings (SSSR count). The highest BCUT2D eigenvalue weighted by Crippen LogP contribution is 2.47. The van der Waals surface area contributed by atoms with Crippen LogP contribution in [0.5, 0.6) is 0 Å². The molecule has 8 atom stereocenters. The Hall–Kier alpha value is -5.33. The van der Waals surface area contributed by atoms with Crippen LogP contribution in [0.25, 0.3) is 43.9 Å². The molecule has 0 bridgehead atoms. The lowest BCUT2D eigenvalue weighted by Gasteiger charge is -2.25. The highest BCUT2D eigenvalue weighted by atomic mass is 35.5. The first kappa shape index (κ1) is 51.8. The summed E-state index contributed by atoms with van der Waals surface area (Å²) in [5.74, 6) is -0.811. The van der Waals surface area contributed by atoms with Gasteiger partial charge in [-0.15, -0.1) is 24.4 Å². The number of hydrogen-bond donors (Lipinski definition) is 1. The number of thioether (sulfide) groups is 1. The van der Waals surface area contributed by atoms with Crippen molar-refractivity contribution in [3.63, 3.8) is 0 Å². The smallest absolute Gasteiger partial charge is 0.297 e. The molecular weight excluding hydrogens is 1060 g/mol. The van der Waals surface area contributed by atoms with Crippen LogP contribution in [0.2, 0.25) is 10.3 Å². The van der Waals surface area contributed by atoms with Crippen LogP contribution in [0, 0.1) is 6.92 Å². The molecule has 0 amide bonds. The number of rotatable bonds is 9. The molecule has 0 N–H and O–H groups in total. The van der Waals surface area contributed by atoms with Crippen LogP contribution >= 0.6 is 47.6 Å². The van der Waals surface area contributed by atoms with E-state index in [4.69, 9.17) is 55.8 Å². The van der Waals surface area contributed by atoms with Gasteiger partial charge in [-0.25, -0.2) is 19.9 Å². The first-order chi connectivity index (χ1) is 36.0. The van der Waals surface area contributed by atoms with Crippen molar-refractivity contribution in [1.29, 1.82) is 0 Å². The summed E-state index contributed by atoms with van der Waals surface area (Å²) in [5, 5.41) is 4.50. The van der Waals surface area contributed by atoms with Crippen LogP contribution in [0.3, 0.4) is 0 Å². The molecular formula is C53H50Cl2N8O9S3. The van der Waals surface area contributed by atoms with Gasteiger partial charge < -0.3 is 37.6 Å². The standard InChI is InChI=1S/C23H21ClN4O3S.C21H22ClN3O6S.C9H7NS/c1-23(2)30-18-17(11-32-14-6-5-13-4-3-8-25-16(13)10-14)29-22(19(18)31-23)28-9-7-15-20(24)26-12-27-21(15)28;1-12-4-6-13(7-5-12)32(26,27)28-10-15-16-17(31-21(2,3)30-16)20(29-15)25-9-8-14-18(22)23-11-24-19(14)25;11-8-4-3-7-2-1-5-10-9(7)6-8/h3-10,12,17-19,22H,11H2,1-2H3;4-9,11,15-17,20H,10H2,1-3H3;1-6,11H/t17-,18-,19-,22-;15-,16-,17-,20?;/m11./s1. The number of aryl methyl sites for hydroxylation is 1. The fourth-order valence-corrected chi connectivity index (χ4v) is 12.1. The van der Waals surface area contributed by atoms with Crippen LogP contribution < -0.4 is 0 Å². The summed E-state index contributed by atoms with van der Waals surface area (Å²) in [7, 11) is -3.95. The maximum atomic E-state index is 12.7. The van der Waals surface area contributed by atoms with E-state index >= 15 is 0 Å². The van der Waals surface area contributed by atoms with Gasteiger partial charge in [0.2, 0.25) is 0 Å². The first-order valence-corrected chi connectivity index (χ1v) is 27.5. The second-order valence-electron chi connectivity index (χ2n) is 19.1. The van der Waals surface area contributed by atoms with Crippen LogP contribution in [0.15, 0.2) is 149 Å². The molecule has 0 saturated carbocycles. The molecule has 0 spiro atoms. The Bertz CT molecular complexity index is 3660. The molecule has 3 aromatic carbocycles. The quantitative estimate of drug-likeness (QED) is 0.0622. The molecule has 4 fully saturated rings. The Labute approximate surface area is 451 Å². The van der Waals surface area contributed by atoms with E-state index in [-0.39, 0.29) is 36.0 Å². The lowest BCUT2D eigenvalue weighted by Crippen LogP contribution is -2.33. The molecule has 75 heavy (non-hydrogen) atoms. The lowest BCUT2D eigenvalue weighted by atomic mass is 10.1.